The second-order valence-electron chi connectivity index (χ2n) is 9.28. The molecular formula is C23H29N9O. The predicted octanol–water partition coefficient (Wildman–Crippen LogP) is 3.42. The standard InChI is InChI=1S/C23H29N9O/c33-22(27-19-10-11-24-30-19)18-9-4-12-32(18)23-25-16-8-3-7-15(16)21(28-23)26-20-13-17(29-31-20)14-5-1-2-6-14/h10-11,13-14,18H,1-9,12H2,(H2,24,27,30,33)(H2,25,26,28,29,31)/t18-/m0/s1. The fourth-order valence-electron chi connectivity index (χ4n) is 5.44. The molecule has 3 aromatic rings. The molecule has 1 aliphatic heterocycles. The zero-order valence-corrected chi connectivity index (χ0v) is 18.6. The number of aromatic amines is 2. The third kappa shape index (κ3) is 3.94. The van der Waals surface area contributed by atoms with Crippen LogP contribution in [0.3, 0.4) is 0 Å². The van der Waals surface area contributed by atoms with Crippen LogP contribution in [0.15, 0.2) is 18.3 Å². The normalized spacial score (nSPS) is 20.4. The molecular weight excluding hydrogens is 418 g/mol. The van der Waals surface area contributed by atoms with Crippen molar-refractivity contribution in [2.45, 2.75) is 69.7 Å². The van der Waals surface area contributed by atoms with Crippen LogP contribution < -0.4 is 15.5 Å². The highest BCUT2D eigenvalue weighted by Crippen LogP contribution is 2.35. The lowest BCUT2D eigenvalue weighted by atomic mass is 10.0. The molecule has 0 spiro atoms. The number of hydrogen-bond donors (Lipinski definition) is 4. The Morgan fingerprint density at radius 3 is 2.82 bits per heavy atom. The van der Waals surface area contributed by atoms with E-state index >= 15 is 0 Å². The van der Waals surface area contributed by atoms with E-state index in [4.69, 9.17) is 9.97 Å². The number of aryl methyl sites for hydroxylation is 1. The molecule has 2 aliphatic carbocycles. The second kappa shape index (κ2) is 8.49. The highest BCUT2D eigenvalue weighted by molar-refractivity contribution is 5.96. The number of aromatic nitrogens is 6. The van der Waals surface area contributed by atoms with Gasteiger partial charge < -0.3 is 15.5 Å². The van der Waals surface area contributed by atoms with Gasteiger partial charge in [0.25, 0.3) is 0 Å². The number of carbonyl (C=O) groups is 1. The molecule has 0 bridgehead atoms. The van der Waals surface area contributed by atoms with E-state index in [0.29, 0.717) is 17.7 Å². The molecule has 10 nitrogen and oxygen atoms in total. The Morgan fingerprint density at radius 2 is 1.97 bits per heavy atom. The van der Waals surface area contributed by atoms with Crippen molar-refractivity contribution in [3.8, 4) is 0 Å². The van der Waals surface area contributed by atoms with E-state index in [0.717, 1.165) is 56.0 Å². The Morgan fingerprint density at radius 1 is 1.06 bits per heavy atom. The lowest BCUT2D eigenvalue weighted by molar-refractivity contribution is -0.117. The van der Waals surface area contributed by atoms with E-state index < -0.39 is 0 Å². The maximum absolute atomic E-state index is 12.9. The van der Waals surface area contributed by atoms with Gasteiger partial charge in [0.05, 0.1) is 11.9 Å². The highest BCUT2D eigenvalue weighted by Gasteiger charge is 2.34. The number of rotatable bonds is 6. The average Bonchev–Trinajstić information content (AvgIpc) is 3.64. The summed E-state index contributed by atoms with van der Waals surface area (Å²) in [4.78, 5) is 24.8. The van der Waals surface area contributed by atoms with Gasteiger partial charge in [0.15, 0.2) is 5.82 Å². The largest absolute Gasteiger partial charge is 0.329 e. The monoisotopic (exact) mass is 447 g/mol. The van der Waals surface area contributed by atoms with Crippen LogP contribution in [0.1, 0.15) is 67.8 Å². The van der Waals surface area contributed by atoms with E-state index in [-0.39, 0.29) is 11.9 Å². The van der Waals surface area contributed by atoms with Crippen molar-refractivity contribution in [2.24, 2.45) is 0 Å². The van der Waals surface area contributed by atoms with Gasteiger partial charge in [-0.25, -0.2) is 4.98 Å². The first kappa shape index (κ1) is 20.2. The third-order valence-electron chi connectivity index (χ3n) is 7.13. The Bertz CT molecular complexity index is 1130. The summed E-state index contributed by atoms with van der Waals surface area (Å²) in [6, 6.07) is 3.56. The van der Waals surface area contributed by atoms with Crippen LogP contribution >= 0.6 is 0 Å². The van der Waals surface area contributed by atoms with Gasteiger partial charge in [-0.15, -0.1) is 0 Å². The number of nitrogens with one attached hydrogen (secondary N) is 4. The second-order valence-corrected chi connectivity index (χ2v) is 9.28. The molecule has 1 saturated heterocycles. The Labute approximate surface area is 192 Å². The number of fused-ring (bicyclic) bond motifs is 1. The molecule has 6 rings (SSSR count). The Balaban J connectivity index is 1.25. The maximum atomic E-state index is 12.9. The summed E-state index contributed by atoms with van der Waals surface area (Å²) in [6.07, 6.45) is 11.3. The third-order valence-corrected chi connectivity index (χ3v) is 7.13. The van der Waals surface area contributed by atoms with E-state index in [2.05, 4.69) is 37.1 Å². The first-order chi connectivity index (χ1) is 16.2. The average molecular weight is 448 g/mol. The maximum Gasteiger partial charge on any atom is 0.248 e. The molecule has 10 heteroatoms. The van der Waals surface area contributed by atoms with Crippen molar-refractivity contribution in [1.29, 1.82) is 0 Å². The van der Waals surface area contributed by atoms with Gasteiger partial charge in [-0.1, -0.05) is 12.8 Å². The zero-order valence-electron chi connectivity index (χ0n) is 18.6. The first-order valence-corrected chi connectivity index (χ1v) is 12.0. The van der Waals surface area contributed by atoms with Crippen molar-refractivity contribution in [3.63, 3.8) is 0 Å². The van der Waals surface area contributed by atoms with E-state index in [9.17, 15) is 4.79 Å². The smallest absolute Gasteiger partial charge is 0.248 e. The quantitative estimate of drug-likeness (QED) is 0.456. The van der Waals surface area contributed by atoms with Gasteiger partial charge in [-0.05, 0) is 44.9 Å². The van der Waals surface area contributed by atoms with Crippen LogP contribution in [0.2, 0.25) is 0 Å². The summed E-state index contributed by atoms with van der Waals surface area (Å²) < 4.78 is 0. The van der Waals surface area contributed by atoms with Gasteiger partial charge in [-0.3, -0.25) is 15.0 Å². The van der Waals surface area contributed by atoms with Crippen LogP contribution in [0, 0.1) is 0 Å². The fraction of sp³-hybridized carbons (Fsp3) is 0.522. The molecule has 1 atom stereocenters. The molecule has 4 heterocycles. The summed E-state index contributed by atoms with van der Waals surface area (Å²) in [7, 11) is 0. The minimum Gasteiger partial charge on any atom is -0.329 e. The van der Waals surface area contributed by atoms with Gasteiger partial charge in [0, 0.05) is 35.9 Å². The highest BCUT2D eigenvalue weighted by atomic mass is 16.2. The minimum atomic E-state index is -0.306. The van der Waals surface area contributed by atoms with Crippen molar-refractivity contribution >= 4 is 29.3 Å². The van der Waals surface area contributed by atoms with E-state index in [1.54, 1.807) is 12.3 Å². The van der Waals surface area contributed by atoms with Crippen LogP contribution in [0.4, 0.5) is 23.4 Å². The molecule has 2 fully saturated rings. The van der Waals surface area contributed by atoms with Crippen LogP contribution in [-0.4, -0.2) is 48.9 Å². The molecule has 0 aromatic carbocycles. The van der Waals surface area contributed by atoms with Crippen molar-refractivity contribution in [2.75, 3.05) is 22.1 Å². The molecule has 3 aromatic heterocycles. The number of carbonyl (C=O) groups excluding carboxylic acids is 1. The number of nitrogens with zero attached hydrogens (tertiary/aromatic N) is 5. The van der Waals surface area contributed by atoms with E-state index in [1.165, 1.54) is 36.9 Å². The van der Waals surface area contributed by atoms with E-state index in [1.807, 2.05) is 4.90 Å². The SMILES string of the molecule is O=C(Nc1ccn[nH]1)[C@@H]1CCCN1c1nc2c(c(Nc3cc(C4CCCC4)[nH]n3)n1)CCC2. The number of H-pyrrole nitrogens is 2. The lowest BCUT2D eigenvalue weighted by Crippen LogP contribution is -2.40. The summed E-state index contributed by atoms with van der Waals surface area (Å²) in [5.74, 6) is 3.34. The van der Waals surface area contributed by atoms with Crippen LogP contribution in [-0.2, 0) is 17.6 Å². The van der Waals surface area contributed by atoms with Crippen LogP contribution in [0.25, 0.3) is 0 Å². The first-order valence-electron chi connectivity index (χ1n) is 12.0. The topological polar surface area (TPSA) is 128 Å². The summed E-state index contributed by atoms with van der Waals surface area (Å²) in [5.41, 5.74) is 3.45. The Kier molecular flexibility index (Phi) is 5.20. The summed E-state index contributed by atoms with van der Waals surface area (Å²) >= 11 is 0. The van der Waals surface area contributed by atoms with Gasteiger partial charge in [-0.2, -0.15) is 15.2 Å². The Hall–Kier alpha value is -3.43. The summed E-state index contributed by atoms with van der Waals surface area (Å²) in [6.45, 7) is 0.757. The lowest BCUT2D eigenvalue weighted by Gasteiger charge is -2.25. The molecule has 172 valence electrons. The molecule has 1 saturated carbocycles. The number of amides is 1. The molecule has 3 aliphatic rings. The fourth-order valence-corrected chi connectivity index (χ4v) is 5.44. The molecule has 0 unspecified atom stereocenters. The predicted molar refractivity (Wildman–Crippen MR) is 125 cm³/mol. The van der Waals surface area contributed by atoms with Crippen LogP contribution in [0.5, 0.6) is 0 Å². The zero-order chi connectivity index (χ0) is 22.2. The van der Waals surface area contributed by atoms with Gasteiger partial charge >= 0.3 is 0 Å². The number of hydrogen-bond acceptors (Lipinski definition) is 7. The van der Waals surface area contributed by atoms with Crippen molar-refractivity contribution < 1.29 is 4.79 Å². The van der Waals surface area contributed by atoms with Crippen molar-refractivity contribution in [1.82, 2.24) is 30.4 Å². The summed E-state index contributed by atoms with van der Waals surface area (Å²) in [5, 5.41) is 20.8. The number of anilines is 4. The molecule has 0 radical (unpaired) electrons. The van der Waals surface area contributed by atoms with Gasteiger partial charge in [0.1, 0.15) is 17.7 Å². The molecule has 1 amide bonds. The minimum absolute atomic E-state index is 0.0659. The van der Waals surface area contributed by atoms with Gasteiger partial charge in [0.2, 0.25) is 11.9 Å². The molecule has 4 N–H and O–H groups in total. The van der Waals surface area contributed by atoms with Crippen molar-refractivity contribution in [3.05, 3.63) is 35.3 Å². The molecule has 33 heavy (non-hydrogen) atoms.